The van der Waals surface area contributed by atoms with Crippen LogP contribution in [0.3, 0.4) is 0 Å². The number of aliphatic hydroxyl groups excluding tert-OH is 8. The predicted molar refractivity (Wildman–Crippen MR) is 373 cm³/mol. The van der Waals surface area contributed by atoms with Gasteiger partial charge in [-0.25, -0.2) is 0 Å². The maximum atomic E-state index is 9.11. The maximum Gasteiger partial charge on any atom is 0.159 e. The van der Waals surface area contributed by atoms with Crippen molar-refractivity contribution in [3.8, 4) is 0 Å². The molecule has 0 radical (unpaired) electrons. The van der Waals surface area contributed by atoms with Crippen LogP contribution in [0.25, 0.3) is 0 Å². The van der Waals surface area contributed by atoms with Crippen LogP contribution in [0.15, 0.2) is 0 Å². The molecule has 81 heavy (non-hydrogen) atoms. The maximum absolute atomic E-state index is 9.11. The summed E-state index contributed by atoms with van der Waals surface area (Å²) in [6, 6.07) is 0. The zero-order valence-electron chi connectivity index (χ0n) is 54.8. The van der Waals surface area contributed by atoms with Gasteiger partial charge >= 0.3 is 0 Å². The summed E-state index contributed by atoms with van der Waals surface area (Å²) in [5.74, 6) is 0.828. The highest BCUT2D eigenvalue weighted by Crippen LogP contribution is 2.19. The summed E-state index contributed by atoms with van der Waals surface area (Å²) in [7, 11) is 0. The van der Waals surface area contributed by atoms with E-state index in [2.05, 4.69) is 27.7 Å². The minimum Gasteiger partial charge on any atom is -0.502 e. The third kappa shape index (κ3) is 75.5. The van der Waals surface area contributed by atoms with Gasteiger partial charge in [-0.1, -0.05) is 338 Å². The molecule has 4 unspecified atom stereocenters. The van der Waals surface area contributed by atoms with Gasteiger partial charge in [0.1, 0.15) is 0 Å². The molecular formula is C69H140O8S4. The lowest BCUT2D eigenvalue weighted by Crippen LogP contribution is -2.37. The van der Waals surface area contributed by atoms with Gasteiger partial charge in [0, 0.05) is 23.7 Å². The SMILES string of the molecule is CCCCCCCCCCCCCC(C)C(O)=S.CCCCCCCCCCCCCC(C)C(O)=S.CCCCCCCCCCCCCC(C)C(O)=S.CCCCCCCCCCCCCC(C)C(O)=S.OCC(CO)(CO)CO. The van der Waals surface area contributed by atoms with Crippen molar-refractivity contribution in [1.82, 2.24) is 0 Å². The molecular weight excluding hydrogens is 1090 g/mol. The van der Waals surface area contributed by atoms with Crippen LogP contribution in [0.2, 0.25) is 0 Å². The fourth-order valence-electron chi connectivity index (χ4n) is 9.25. The fraction of sp³-hybridized carbons (Fsp3) is 0.942. The molecule has 0 saturated carbocycles. The molecule has 488 valence electrons. The van der Waals surface area contributed by atoms with Gasteiger partial charge in [0.25, 0.3) is 0 Å². The van der Waals surface area contributed by atoms with E-state index in [-0.39, 0.29) is 43.9 Å². The molecule has 0 aromatic carbocycles. The number of hydrogen-bond acceptors (Lipinski definition) is 8. The topological polar surface area (TPSA) is 162 Å². The molecule has 0 aliphatic carbocycles. The van der Waals surface area contributed by atoms with Crippen LogP contribution < -0.4 is 0 Å². The summed E-state index contributed by atoms with van der Waals surface area (Å²) in [5, 5.41) is 71.2. The van der Waals surface area contributed by atoms with E-state index in [1.807, 2.05) is 27.7 Å². The molecule has 0 amide bonds. The van der Waals surface area contributed by atoms with Gasteiger partial charge < -0.3 is 40.9 Å². The predicted octanol–water partition coefficient (Wildman–Crippen LogP) is 22.8. The first-order valence-corrected chi connectivity index (χ1v) is 35.9. The molecule has 8 N–H and O–H groups in total. The first-order chi connectivity index (χ1) is 39.0. The highest BCUT2D eigenvalue weighted by atomic mass is 32.1. The van der Waals surface area contributed by atoms with Crippen molar-refractivity contribution in [3.63, 3.8) is 0 Å². The van der Waals surface area contributed by atoms with Gasteiger partial charge in [0.2, 0.25) is 0 Å². The van der Waals surface area contributed by atoms with E-state index in [0.29, 0.717) is 0 Å². The molecule has 0 aliphatic rings. The Kier molecular flexibility index (Phi) is 81.1. The Bertz CT molecular complexity index is 1080. The van der Waals surface area contributed by atoms with Crippen LogP contribution in [-0.4, -0.2) is 87.5 Å². The van der Waals surface area contributed by atoms with Gasteiger partial charge in [-0.05, 0) is 74.6 Å². The molecule has 0 heterocycles. The molecule has 0 saturated heterocycles. The second-order valence-corrected chi connectivity index (χ2v) is 26.1. The van der Waals surface area contributed by atoms with Crippen molar-refractivity contribution in [2.45, 2.75) is 364 Å². The van der Waals surface area contributed by atoms with Gasteiger partial charge in [0.15, 0.2) is 20.2 Å². The zero-order valence-corrected chi connectivity index (χ0v) is 58.1. The smallest absolute Gasteiger partial charge is 0.159 e. The third-order valence-electron chi connectivity index (χ3n) is 16.0. The van der Waals surface area contributed by atoms with Gasteiger partial charge in [-0.2, -0.15) is 0 Å². The molecule has 12 heteroatoms. The lowest BCUT2D eigenvalue weighted by Gasteiger charge is -2.23. The van der Waals surface area contributed by atoms with Crippen LogP contribution in [0.1, 0.15) is 364 Å². The third-order valence-corrected chi connectivity index (χ3v) is 17.6. The summed E-state index contributed by atoms with van der Waals surface area (Å²) < 4.78 is 0. The van der Waals surface area contributed by atoms with Crippen LogP contribution in [0.4, 0.5) is 0 Å². The first kappa shape index (κ1) is 89.2. The van der Waals surface area contributed by atoms with Crippen LogP contribution in [0, 0.1) is 29.1 Å². The Morgan fingerprint density at radius 1 is 0.235 bits per heavy atom. The molecule has 0 aromatic rings. The van der Waals surface area contributed by atoms with Crippen molar-refractivity contribution < 1.29 is 40.9 Å². The number of aliphatic hydroxyl groups is 8. The molecule has 4 atom stereocenters. The van der Waals surface area contributed by atoms with Gasteiger partial charge in [-0.15, -0.1) is 0 Å². The van der Waals surface area contributed by atoms with Crippen LogP contribution in [-0.2, 0) is 0 Å². The largest absolute Gasteiger partial charge is 0.502 e. The van der Waals surface area contributed by atoms with Crippen molar-refractivity contribution in [3.05, 3.63) is 0 Å². The Morgan fingerprint density at radius 3 is 0.432 bits per heavy atom. The van der Waals surface area contributed by atoms with E-state index in [4.69, 9.17) is 89.7 Å². The highest BCUT2D eigenvalue weighted by Gasteiger charge is 2.26. The van der Waals surface area contributed by atoms with E-state index in [1.165, 1.54) is 283 Å². The first-order valence-electron chi connectivity index (χ1n) is 34.3. The average Bonchev–Trinajstić information content (AvgIpc) is 3.45. The molecule has 0 spiro atoms. The zero-order chi connectivity index (χ0) is 61.9. The van der Waals surface area contributed by atoms with Crippen molar-refractivity contribution in [1.29, 1.82) is 0 Å². The minimum absolute atomic E-state index is 0.182. The quantitative estimate of drug-likeness (QED) is 0.0215. The molecule has 8 nitrogen and oxygen atoms in total. The number of unbranched alkanes of at least 4 members (excludes halogenated alkanes) is 40. The molecule has 0 fully saturated rings. The molecule has 0 aromatic heterocycles. The average molecular weight is 1230 g/mol. The highest BCUT2D eigenvalue weighted by molar-refractivity contribution is 7.80. The van der Waals surface area contributed by atoms with E-state index >= 15 is 0 Å². The summed E-state index contributed by atoms with van der Waals surface area (Å²) in [6.45, 7) is 15.5. The summed E-state index contributed by atoms with van der Waals surface area (Å²) in [4.78, 5) is 0. The fourth-order valence-corrected chi connectivity index (χ4v) is 9.72. The summed E-state index contributed by atoms with van der Waals surface area (Å²) in [6.07, 6.45) is 64.5. The van der Waals surface area contributed by atoms with E-state index < -0.39 is 31.8 Å². The molecule has 0 aliphatic heterocycles. The van der Waals surface area contributed by atoms with Crippen LogP contribution >= 0.6 is 48.9 Å². The van der Waals surface area contributed by atoms with E-state index in [9.17, 15) is 0 Å². The lowest BCUT2D eigenvalue weighted by molar-refractivity contribution is -0.0328. The Hall–Kier alpha value is -0.600. The molecule has 0 bridgehead atoms. The Labute approximate surface area is 525 Å². The van der Waals surface area contributed by atoms with E-state index in [0.717, 1.165) is 25.7 Å². The summed E-state index contributed by atoms with van der Waals surface area (Å²) >= 11 is 19.0. The number of rotatable bonds is 56. The standard InChI is InChI=1S/4C16H32OS.C5H12O4/c4*1-3-4-5-6-7-8-9-10-11-12-13-14-15(2)16(17)18;6-1-5(2-7,3-8)4-9/h4*15H,3-14H2,1-2H3,(H,17,18);6-9H,1-4H2. The minimum atomic E-state index is -1.11. The van der Waals surface area contributed by atoms with Crippen molar-refractivity contribution >= 4 is 69.1 Å². The Balaban J connectivity index is -0.000000302. The van der Waals surface area contributed by atoms with Crippen molar-refractivity contribution in [2.24, 2.45) is 29.1 Å². The Morgan fingerprint density at radius 2 is 0.346 bits per heavy atom. The lowest BCUT2D eigenvalue weighted by atomic mass is 9.93. The monoisotopic (exact) mass is 1220 g/mol. The van der Waals surface area contributed by atoms with Gasteiger partial charge in [-0.3, -0.25) is 0 Å². The second kappa shape index (κ2) is 73.7. The number of thiocarbonyl (C=S) groups is 4. The van der Waals surface area contributed by atoms with Crippen LogP contribution in [0.5, 0.6) is 0 Å². The van der Waals surface area contributed by atoms with Crippen molar-refractivity contribution in [2.75, 3.05) is 26.4 Å². The van der Waals surface area contributed by atoms with E-state index in [1.54, 1.807) is 0 Å². The second-order valence-electron chi connectivity index (χ2n) is 24.4. The number of hydrogen-bond donors (Lipinski definition) is 8. The molecule has 0 rings (SSSR count). The summed E-state index contributed by atoms with van der Waals surface area (Å²) in [5.41, 5.74) is -1.11. The normalized spacial score (nSPS) is 12.5. The van der Waals surface area contributed by atoms with Gasteiger partial charge in [0.05, 0.1) is 31.8 Å².